The fourth-order valence-corrected chi connectivity index (χ4v) is 6.72. The molecule has 1 aliphatic rings. The number of carbonyl (C=O) groups excluding carboxylic acids is 3. The topological polar surface area (TPSA) is 123 Å². The van der Waals surface area contributed by atoms with Crippen LogP contribution in [0.15, 0.2) is 102 Å². The number of anilines is 1. The second-order valence-electron chi connectivity index (χ2n) is 12.1. The molecule has 4 aromatic rings. The summed E-state index contributed by atoms with van der Waals surface area (Å²) in [6, 6.07) is 31.6. The molecule has 0 spiro atoms. The van der Waals surface area contributed by atoms with Gasteiger partial charge in [0, 0.05) is 48.2 Å². The molecule has 0 saturated carbocycles. The van der Waals surface area contributed by atoms with Crippen LogP contribution < -0.4 is 10.6 Å². The van der Waals surface area contributed by atoms with E-state index in [2.05, 4.69) is 17.6 Å². The van der Waals surface area contributed by atoms with Gasteiger partial charge in [-0.25, -0.2) is 0 Å². The van der Waals surface area contributed by atoms with Gasteiger partial charge in [-0.3, -0.25) is 14.4 Å². The zero-order valence-corrected chi connectivity index (χ0v) is 28.9. The number of ether oxygens (including phenoxy) is 3. The van der Waals surface area contributed by atoms with Gasteiger partial charge in [0.15, 0.2) is 12.4 Å². The molecule has 0 aromatic heterocycles. The summed E-state index contributed by atoms with van der Waals surface area (Å²) in [5.74, 6) is -0.218. The average Bonchev–Trinajstić information content (AvgIpc) is 3.10. The van der Waals surface area contributed by atoms with Crippen molar-refractivity contribution in [3.8, 4) is 11.1 Å². The van der Waals surface area contributed by atoms with Gasteiger partial charge >= 0.3 is 5.97 Å². The fraction of sp³-hybridized carbons (Fsp3) is 0.308. The van der Waals surface area contributed by atoms with E-state index >= 15 is 0 Å². The van der Waals surface area contributed by atoms with E-state index in [1.165, 1.54) is 13.8 Å². The summed E-state index contributed by atoms with van der Waals surface area (Å²) in [6.45, 7) is 6.73. The molecule has 5 unspecified atom stereocenters. The number of thioether (sulfide) groups is 1. The summed E-state index contributed by atoms with van der Waals surface area (Å²) in [4.78, 5) is 36.0. The SMILES string of the molecule is CC(=O)Nc1ccc(SCC2OC(c3ccc(-c4cccc(CNC(=O)C(C)OC(C)=O)c4)cc3)OC(c3ccc(CO)cc3)C2C)cc1. The van der Waals surface area contributed by atoms with Crippen LogP contribution in [0.4, 0.5) is 5.69 Å². The Morgan fingerprint density at radius 1 is 0.857 bits per heavy atom. The molecule has 1 fully saturated rings. The van der Waals surface area contributed by atoms with Crippen LogP contribution in [0.3, 0.4) is 0 Å². The second-order valence-corrected chi connectivity index (χ2v) is 13.2. The van der Waals surface area contributed by atoms with E-state index in [-0.39, 0.29) is 36.5 Å². The Morgan fingerprint density at radius 2 is 1.55 bits per heavy atom. The molecule has 0 aliphatic carbocycles. The van der Waals surface area contributed by atoms with E-state index in [9.17, 15) is 19.5 Å². The van der Waals surface area contributed by atoms with Crippen molar-refractivity contribution in [2.75, 3.05) is 11.1 Å². The van der Waals surface area contributed by atoms with Crippen molar-refractivity contribution in [2.24, 2.45) is 5.92 Å². The molecular weight excluding hydrogens is 641 g/mol. The third-order valence-electron chi connectivity index (χ3n) is 8.33. The molecule has 49 heavy (non-hydrogen) atoms. The van der Waals surface area contributed by atoms with Crippen LogP contribution in [0.5, 0.6) is 0 Å². The van der Waals surface area contributed by atoms with E-state index in [1.807, 2.05) is 97.1 Å². The number of aliphatic hydroxyl groups is 1. The Bertz CT molecular complexity index is 1730. The van der Waals surface area contributed by atoms with Gasteiger partial charge in [-0.15, -0.1) is 11.8 Å². The molecule has 10 heteroatoms. The number of esters is 1. The monoisotopic (exact) mass is 682 g/mol. The first-order valence-electron chi connectivity index (χ1n) is 16.2. The molecule has 1 heterocycles. The Balaban J connectivity index is 1.30. The molecular formula is C39H42N2O7S. The predicted molar refractivity (Wildman–Crippen MR) is 189 cm³/mol. The zero-order chi connectivity index (χ0) is 34.9. The molecule has 1 saturated heterocycles. The Kier molecular flexibility index (Phi) is 12.2. The minimum atomic E-state index is -0.860. The van der Waals surface area contributed by atoms with Gasteiger partial charge in [0.2, 0.25) is 5.91 Å². The lowest BCUT2D eigenvalue weighted by Gasteiger charge is -2.41. The van der Waals surface area contributed by atoms with Gasteiger partial charge in [0.05, 0.1) is 18.8 Å². The van der Waals surface area contributed by atoms with Crippen molar-refractivity contribution in [3.63, 3.8) is 0 Å². The van der Waals surface area contributed by atoms with Crippen LogP contribution in [-0.4, -0.2) is 40.9 Å². The molecule has 9 nitrogen and oxygen atoms in total. The Hall–Kier alpha value is -4.48. The van der Waals surface area contributed by atoms with Crippen LogP contribution in [0.2, 0.25) is 0 Å². The van der Waals surface area contributed by atoms with Crippen molar-refractivity contribution >= 4 is 35.2 Å². The quantitative estimate of drug-likeness (QED) is 0.108. The van der Waals surface area contributed by atoms with Gasteiger partial charge in [0.25, 0.3) is 5.91 Å². The normalized spacial score (nSPS) is 19.4. The molecule has 1 aliphatic heterocycles. The van der Waals surface area contributed by atoms with Gasteiger partial charge in [-0.05, 0) is 65.1 Å². The molecule has 2 amide bonds. The minimum absolute atomic E-state index is 0.0216. The first-order valence-corrected chi connectivity index (χ1v) is 17.2. The van der Waals surface area contributed by atoms with Gasteiger partial charge in [-0.2, -0.15) is 0 Å². The molecule has 4 aromatic carbocycles. The van der Waals surface area contributed by atoms with Gasteiger partial charge in [0.1, 0.15) is 0 Å². The van der Waals surface area contributed by atoms with E-state index < -0.39 is 18.4 Å². The van der Waals surface area contributed by atoms with E-state index in [0.29, 0.717) is 12.3 Å². The molecule has 0 bridgehead atoms. The lowest BCUT2D eigenvalue weighted by molar-refractivity contribution is -0.268. The van der Waals surface area contributed by atoms with Crippen molar-refractivity contribution < 1.29 is 33.7 Å². The van der Waals surface area contributed by atoms with E-state index in [1.54, 1.807) is 18.7 Å². The van der Waals surface area contributed by atoms with Crippen LogP contribution in [0, 0.1) is 5.92 Å². The summed E-state index contributed by atoms with van der Waals surface area (Å²) in [7, 11) is 0. The highest BCUT2D eigenvalue weighted by molar-refractivity contribution is 7.99. The van der Waals surface area contributed by atoms with Crippen molar-refractivity contribution in [1.82, 2.24) is 5.32 Å². The number of rotatable bonds is 12. The van der Waals surface area contributed by atoms with Crippen molar-refractivity contribution in [3.05, 3.63) is 119 Å². The number of aliphatic hydroxyl groups excluding tert-OH is 1. The summed E-state index contributed by atoms with van der Waals surface area (Å²) >= 11 is 1.70. The van der Waals surface area contributed by atoms with Crippen LogP contribution in [0.1, 0.15) is 62.3 Å². The van der Waals surface area contributed by atoms with Crippen LogP contribution in [0.25, 0.3) is 11.1 Å². The number of carbonyl (C=O) groups is 3. The Morgan fingerprint density at radius 3 is 2.20 bits per heavy atom. The number of amides is 2. The highest BCUT2D eigenvalue weighted by Gasteiger charge is 2.38. The third kappa shape index (κ3) is 9.79. The fourth-order valence-electron chi connectivity index (χ4n) is 5.65. The molecule has 5 atom stereocenters. The van der Waals surface area contributed by atoms with Gasteiger partial charge < -0.3 is 30.0 Å². The number of nitrogens with one attached hydrogen (secondary N) is 2. The number of benzene rings is 4. The maximum Gasteiger partial charge on any atom is 0.303 e. The zero-order valence-electron chi connectivity index (χ0n) is 28.1. The average molecular weight is 683 g/mol. The van der Waals surface area contributed by atoms with Crippen molar-refractivity contribution in [1.29, 1.82) is 0 Å². The van der Waals surface area contributed by atoms with E-state index in [4.69, 9.17) is 14.2 Å². The maximum absolute atomic E-state index is 12.3. The summed E-state index contributed by atoms with van der Waals surface area (Å²) in [6.07, 6.45) is -1.81. The Labute approximate surface area is 291 Å². The molecule has 3 N–H and O–H groups in total. The molecule has 5 rings (SSSR count). The number of hydrogen-bond donors (Lipinski definition) is 3. The highest BCUT2D eigenvalue weighted by Crippen LogP contribution is 2.43. The summed E-state index contributed by atoms with van der Waals surface area (Å²) in [5.41, 5.74) is 6.42. The smallest absolute Gasteiger partial charge is 0.303 e. The highest BCUT2D eigenvalue weighted by atomic mass is 32.2. The first-order chi connectivity index (χ1) is 23.6. The van der Waals surface area contributed by atoms with Crippen LogP contribution >= 0.6 is 11.8 Å². The summed E-state index contributed by atoms with van der Waals surface area (Å²) < 4.78 is 18.2. The largest absolute Gasteiger partial charge is 0.453 e. The first kappa shape index (κ1) is 35.8. The lowest BCUT2D eigenvalue weighted by Crippen LogP contribution is -2.38. The predicted octanol–water partition coefficient (Wildman–Crippen LogP) is 6.96. The molecule has 256 valence electrons. The standard InChI is InChI=1S/C39H42N2O7S/c1-24-36(23-49-35-18-16-34(17-19-35)41-26(3)43)47-39(48-37(24)31-10-8-28(22-42)9-11-31)32-14-12-30(13-15-32)33-7-5-6-29(20-33)21-40-38(45)25(2)46-27(4)44/h5-20,24-25,36-37,39,42H,21-23H2,1-4H3,(H,40,45)(H,41,43). The maximum atomic E-state index is 12.3. The number of hydrogen-bond acceptors (Lipinski definition) is 8. The third-order valence-corrected chi connectivity index (χ3v) is 9.43. The van der Waals surface area contributed by atoms with Crippen molar-refractivity contribution in [2.45, 2.75) is 70.3 Å². The van der Waals surface area contributed by atoms with E-state index in [0.717, 1.165) is 44.0 Å². The lowest BCUT2D eigenvalue weighted by atomic mass is 9.91. The van der Waals surface area contributed by atoms with Gasteiger partial charge in [-0.1, -0.05) is 73.7 Å². The second kappa shape index (κ2) is 16.8. The van der Waals surface area contributed by atoms with Crippen LogP contribution in [-0.2, 0) is 41.7 Å². The molecule has 0 radical (unpaired) electrons. The summed E-state index contributed by atoms with van der Waals surface area (Å²) in [5, 5.41) is 15.2. The minimum Gasteiger partial charge on any atom is -0.453 e.